The van der Waals surface area contributed by atoms with Gasteiger partial charge in [0.2, 0.25) is 0 Å². The van der Waals surface area contributed by atoms with Crippen molar-refractivity contribution in [3.63, 3.8) is 0 Å². The molecule has 1 saturated heterocycles. The SMILES string of the molecule is COc1cccc(CN2C(=O)[C@]3(SCCN3C(=O)c3cccc(Cl)c3)c3cc(Cl)ccc32)c1. The number of thioether (sulfide) groups is 1. The molecule has 5 rings (SSSR count). The third-order valence-electron chi connectivity index (χ3n) is 5.95. The Bertz CT molecular complexity index is 1270. The molecule has 8 heteroatoms. The Kier molecular flexibility index (Phi) is 5.77. The Morgan fingerprint density at radius 3 is 2.64 bits per heavy atom. The number of carbonyl (C=O) groups excluding carboxylic acids is 2. The summed E-state index contributed by atoms with van der Waals surface area (Å²) in [5.41, 5.74) is 2.87. The molecule has 0 aromatic heterocycles. The molecule has 5 nitrogen and oxygen atoms in total. The van der Waals surface area contributed by atoms with E-state index in [4.69, 9.17) is 27.9 Å². The fourth-order valence-electron chi connectivity index (χ4n) is 4.48. The maximum atomic E-state index is 14.1. The lowest BCUT2D eigenvalue weighted by molar-refractivity contribution is -0.123. The quantitative estimate of drug-likeness (QED) is 0.470. The van der Waals surface area contributed by atoms with E-state index in [2.05, 4.69) is 0 Å². The highest BCUT2D eigenvalue weighted by molar-refractivity contribution is 8.01. The van der Waals surface area contributed by atoms with E-state index in [1.54, 1.807) is 53.3 Å². The summed E-state index contributed by atoms with van der Waals surface area (Å²) in [5.74, 6) is 0.973. The van der Waals surface area contributed by atoms with Gasteiger partial charge < -0.3 is 14.5 Å². The number of nitrogens with zero attached hydrogens (tertiary/aromatic N) is 2. The topological polar surface area (TPSA) is 49.9 Å². The lowest BCUT2D eigenvalue weighted by Crippen LogP contribution is -2.50. The van der Waals surface area contributed by atoms with Gasteiger partial charge in [-0.15, -0.1) is 11.8 Å². The summed E-state index contributed by atoms with van der Waals surface area (Å²) in [5, 5.41) is 0.995. The van der Waals surface area contributed by atoms with Crippen LogP contribution in [0.15, 0.2) is 66.7 Å². The maximum absolute atomic E-state index is 14.1. The van der Waals surface area contributed by atoms with Crippen molar-refractivity contribution in [3.8, 4) is 5.75 Å². The number of methoxy groups -OCH3 is 1. The lowest BCUT2D eigenvalue weighted by Gasteiger charge is -2.33. The van der Waals surface area contributed by atoms with Gasteiger partial charge in [-0.1, -0.05) is 41.4 Å². The number of fused-ring (bicyclic) bond motifs is 2. The molecule has 3 aromatic rings. The van der Waals surface area contributed by atoms with Crippen molar-refractivity contribution in [2.45, 2.75) is 11.4 Å². The van der Waals surface area contributed by atoms with Gasteiger partial charge in [-0.2, -0.15) is 0 Å². The van der Waals surface area contributed by atoms with E-state index in [1.165, 1.54) is 11.8 Å². The predicted molar refractivity (Wildman–Crippen MR) is 132 cm³/mol. The second kappa shape index (κ2) is 8.60. The van der Waals surface area contributed by atoms with Crippen molar-refractivity contribution < 1.29 is 14.3 Å². The molecule has 2 aliphatic heterocycles. The van der Waals surface area contributed by atoms with Crippen LogP contribution in [-0.4, -0.2) is 36.1 Å². The summed E-state index contributed by atoms with van der Waals surface area (Å²) in [6.07, 6.45) is 0. The highest BCUT2D eigenvalue weighted by Crippen LogP contribution is 2.55. The summed E-state index contributed by atoms with van der Waals surface area (Å²) in [7, 11) is 1.61. The van der Waals surface area contributed by atoms with Crippen LogP contribution < -0.4 is 9.64 Å². The van der Waals surface area contributed by atoms with Crippen LogP contribution in [0.2, 0.25) is 10.0 Å². The molecule has 2 aliphatic rings. The molecule has 0 radical (unpaired) electrons. The summed E-state index contributed by atoms with van der Waals surface area (Å²) in [6, 6.07) is 19.9. The minimum Gasteiger partial charge on any atom is -0.497 e. The molecular formula is C25H20Cl2N2O3S. The number of carbonyl (C=O) groups is 2. The second-order valence-corrected chi connectivity index (χ2v) is 10.0. The van der Waals surface area contributed by atoms with E-state index >= 15 is 0 Å². The Hall–Kier alpha value is -2.67. The normalized spacial score (nSPS) is 19.3. The Balaban J connectivity index is 1.59. The molecule has 3 aromatic carbocycles. The van der Waals surface area contributed by atoms with Crippen LogP contribution in [0.5, 0.6) is 5.75 Å². The number of rotatable bonds is 4. The van der Waals surface area contributed by atoms with Gasteiger partial charge in [0.15, 0.2) is 4.87 Å². The van der Waals surface area contributed by atoms with E-state index in [-0.39, 0.29) is 11.8 Å². The van der Waals surface area contributed by atoms with Gasteiger partial charge in [-0.05, 0) is 54.1 Å². The van der Waals surface area contributed by atoms with Crippen LogP contribution in [0, 0.1) is 0 Å². The highest BCUT2D eigenvalue weighted by Gasteiger charge is 2.59. The molecule has 1 spiro atoms. The van der Waals surface area contributed by atoms with Crippen molar-refractivity contribution in [2.75, 3.05) is 24.3 Å². The van der Waals surface area contributed by atoms with Crippen molar-refractivity contribution in [1.82, 2.24) is 4.90 Å². The minimum absolute atomic E-state index is 0.152. The van der Waals surface area contributed by atoms with Crippen LogP contribution in [0.4, 0.5) is 5.69 Å². The first-order valence-electron chi connectivity index (χ1n) is 10.4. The molecule has 0 unspecified atom stereocenters. The molecule has 1 fully saturated rings. The second-order valence-electron chi connectivity index (χ2n) is 7.86. The fourth-order valence-corrected chi connectivity index (χ4v) is 6.29. The molecule has 0 saturated carbocycles. The number of amides is 2. The van der Waals surface area contributed by atoms with Crippen molar-refractivity contribution >= 4 is 52.5 Å². The molecule has 0 N–H and O–H groups in total. The third kappa shape index (κ3) is 3.66. The zero-order chi connectivity index (χ0) is 23.2. The van der Waals surface area contributed by atoms with Gasteiger partial charge in [-0.3, -0.25) is 9.59 Å². The van der Waals surface area contributed by atoms with Crippen LogP contribution in [0.3, 0.4) is 0 Å². The molecule has 168 valence electrons. The average Bonchev–Trinajstić information content (AvgIpc) is 3.36. The summed E-state index contributed by atoms with van der Waals surface area (Å²) in [6.45, 7) is 0.798. The molecule has 2 heterocycles. The number of benzene rings is 3. The van der Waals surface area contributed by atoms with Crippen LogP contribution in [0.1, 0.15) is 21.5 Å². The highest BCUT2D eigenvalue weighted by atomic mass is 35.5. The van der Waals surface area contributed by atoms with E-state index in [0.29, 0.717) is 34.5 Å². The lowest BCUT2D eigenvalue weighted by atomic mass is 10.0. The van der Waals surface area contributed by atoms with E-state index in [0.717, 1.165) is 22.6 Å². The standard InChI is InChI=1S/C25H20Cl2N2O3S/c1-32-20-7-2-4-16(12-20)15-28-22-9-8-19(27)14-21(22)25(24(28)31)29(10-11-33-25)23(30)17-5-3-6-18(26)13-17/h2-9,12-14H,10-11,15H2,1H3/t25-/m1/s1. The molecule has 1 atom stereocenters. The maximum Gasteiger partial charge on any atom is 0.268 e. The molecule has 0 aliphatic carbocycles. The van der Waals surface area contributed by atoms with Gasteiger partial charge in [-0.25, -0.2) is 0 Å². The third-order valence-corrected chi connectivity index (χ3v) is 7.84. The zero-order valence-corrected chi connectivity index (χ0v) is 20.1. The minimum atomic E-state index is -1.17. The van der Waals surface area contributed by atoms with Crippen molar-refractivity contribution in [2.24, 2.45) is 0 Å². The number of hydrogen-bond acceptors (Lipinski definition) is 4. The smallest absolute Gasteiger partial charge is 0.268 e. The van der Waals surface area contributed by atoms with Gasteiger partial charge in [0.25, 0.3) is 11.8 Å². The van der Waals surface area contributed by atoms with Crippen LogP contribution in [-0.2, 0) is 16.2 Å². The van der Waals surface area contributed by atoms with Gasteiger partial charge in [0.05, 0.1) is 19.3 Å². The fraction of sp³-hybridized carbons (Fsp3) is 0.200. The van der Waals surface area contributed by atoms with Gasteiger partial charge in [0.1, 0.15) is 5.75 Å². The first-order valence-corrected chi connectivity index (χ1v) is 12.1. The molecule has 33 heavy (non-hydrogen) atoms. The van der Waals surface area contributed by atoms with Crippen LogP contribution in [0.25, 0.3) is 0 Å². The van der Waals surface area contributed by atoms with Gasteiger partial charge in [0, 0.05) is 33.5 Å². The Morgan fingerprint density at radius 2 is 1.85 bits per heavy atom. The number of hydrogen-bond donors (Lipinski definition) is 0. The number of halogens is 2. The number of anilines is 1. The summed E-state index contributed by atoms with van der Waals surface area (Å²) >= 11 is 14.0. The van der Waals surface area contributed by atoms with Gasteiger partial charge >= 0.3 is 0 Å². The average molecular weight is 499 g/mol. The number of ether oxygens (including phenoxy) is 1. The predicted octanol–water partition coefficient (Wildman–Crippen LogP) is 5.59. The zero-order valence-electron chi connectivity index (χ0n) is 17.8. The Labute approximate surface area is 206 Å². The first-order chi connectivity index (χ1) is 15.9. The first kappa shape index (κ1) is 22.1. The van der Waals surface area contributed by atoms with Crippen molar-refractivity contribution in [1.29, 1.82) is 0 Å². The summed E-state index contributed by atoms with van der Waals surface area (Å²) in [4.78, 5) is 29.9. The Morgan fingerprint density at radius 1 is 1.06 bits per heavy atom. The van der Waals surface area contributed by atoms with E-state index in [9.17, 15) is 9.59 Å². The monoisotopic (exact) mass is 498 g/mol. The van der Waals surface area contributed by atoms with E-state index < -0.39 is 4.87 Å². The molecular weight excluding hydrogens is 479 g/mol. The molecule has 2 amide bonds. The summed E-state index contributed by atoms with van der Waals surface area (Å²) < 4.78 is 5.34. The largest absolute Gasteiger partial charge is 0.497 e. The molecule has 0 bridgehead atoms. The van der Waals surface area contributed by atoms with E-state index in [1.807, 2.05) is 30.3 Å². The van der Waals surface area contributed by atoms with Crippen LogP contribution >= 0.6 is 35.0 Å². The van der Waals surface area contributed by atoms with Crippen molar-refractivity contribution in [3.05, 3.63) is 93.5 Å².